The van der Waals surface area contributed by atoms with E-state index in [1.807, 2.05) is 6.92 Å². The van der Waals surface area contributed by atoms with Gasteiger partial charge in [0.25, 0.3) is 5.56 Å². The number of hydrogen-bond acceptors (Lipinski definition) is 4. The predicted molar refractivity (Wildman–Crippen MR) is 117 cm³/mol. The number of carbonyl (C=O) groups is 1. The molecule has 0 fully saturated rings. The standard InChI is InChI=1S/C25H18F3NO4/c1-2-32-18-10-12-19(13-11-18)33-24(31)22-15-29(23(30)21-9-4-3-8-20(21)22)17-7-5-6-16(14-17)25(26,27)28/h3-15H,2H2,1H3. The number of carbonyl (C=O) groups excluding carboxylic acids is 1. The SMILES string of the molecule is CCOc1ccc(OC(=O)c2cn(-c3cccc(C(F)(F)F)c3)c(=O)c3ccccc23)cc1. The Balaban J connectivity index is 1.80. The molecule has 5 nitrogen and oxygen atoms in total. The van der Waals surface area contributed by atoms with Crippen molar-refractivity contribution in [2.24, 2.45) is 0 Å². The summed E-state index contributed by atoms with van der Waals surface area (Å²) in [6, 6.07) is 17.1. The lowest BCUT2D eigenvalue weighted by Crippen LogP contribution is -2.22. The van der Waals surface area contributed by atoms with Gasteiger partial charge >= 0.3 is 12.1 Å². The zero-order valence-electron chi connectivity index (χ0n) is 17.4. The first-order valence-electron chi connectivity index (χ1n) is 10.0. The Labute approximate surface area is 186 Å². The van der Waals surface area contributed by atoms with Crippen molar-refractivity contribution in [1.82, 2.24) is 4.57 Å². The number of esters is 1. The van der Waals surface area contributed by atoms with E-state index in [0.717, 1.165) is 16.7 Å². The number of fused-ring (bicyclic) bond motifs is 1. The van der Waals surface area contributed by atoms with Crippen LogP contribution in [0.2, 0.25) is 0 Å². The van der Waals surface area contributed by atoms with Crippen LogP contribution in [0.15, 0.2) is 83.8 Å². The summed E-state index contributed by atoms with van der Waals surface area (Å²) in [5.41, 5.74) is -1.44. The molecule has 0 radical (unpaired) electrons. The van der Waals surface area contributed by atoms with E-state index in [1.165, 1.54) is 24.4 Å². The smallest absolute Gasteiger partial charge is 0.416 e. The first-order valence-corrected chi connectivity index (χ1v) is 10.0. The van der Waals surface area contributed by atoms with Crippen molar-refractivity contribution in [3.8, 4) is 17.2 Å². The average Bonchev–Trinajstić information content (AvgIpc) is 2.80. The van der Waals surface area contributed by atoms with Crippen molar-refractivity contribution < 1.29 is 27.4 Å². The van der Waals surface area contributed by atoms with Gasteiger partial charge in [-0.1, -0.05) is 24.3 Å². The van der Waals surface area contributed by atoms with Crippen LogP contribution in [0.25, 0.3) is 16.5 Å². The monoisotopic (exact) mass is 453 g/mol. The van der Waals surface area contributed by atoms with Crippen molar-refractivity contribution in [3.05, 3.63) is 100 Å². The fourth-order valence-corrected chi connectivity index (χ4v) is 3.41. The molecule has 33 heavy (non-hydrogen) atoms. The van der Waals surface area contributed by atoms with Crippen LogP contribution >= 0.6 is 0 Å². The molecule has 0 N–H and O–H groups in total. The summed E-state index contributed by atoms with van der Waals surface area (Å²) >= 11 is 0. The van der Waals surface area contributed by atoms with Gasteiger partial charge in [-0.3, -0.25) is 9.36 Å². The highest BCUT2D eigenvalue weighted by atomic mass is 19.4. The van der Waals surface area contributed by atoms with Gasteiger partial charge in [-0.15, -0.1) is 0 Å². The normalized spacial score (nSPS) is 11.4. The van der Waals surface area contributed by atoms with Crippen molar-refractivity contribution >= 4 is 16.7 Å². The summed E-state index contributed by atoms with van der Waals surface area (Å²) in [6.45, 7) is 2.33. The number of aromatic nitrogens is 1. The topological polar surface area (TPSA) is 57.5 Å². The number of ether oxygens (including phenoxy) is 2. The molecule has 0 unspecified atom stereocenters. The summed E-state index contributed by atoms with van der Waals surface area (Å²) in [5, 5.41) is 0.512. The van der Waals surface area contributed by atoms with Gasteiger partial charge in [-0.2, -0.15) is 13.2 Å². The number of hydrogen-bond donors (Lipinski definition) is 0. The summed E-state index contributed by atoms with van der Waals surface area (Å²) in [7, 11) is 0. The van der Waals surface area contributed by atoms with E-state index < -0.39 is 23.3 Å². The Morgan fingerprint density at radius 3 is 2.24 bits per heavy atom. The lowest BCUT2D eigenvalue weighted by atomic mass is 10.1. The molecular formula is C25H18F3NO4. The molecule has 1 heterocycles. The molecule has 4 rings (SSSR count). The van der Waals surface area contributed by atoms with Crippen LogP contribution in [-0.4, -0.2) is 17.1 Å². The van der Waals surface area contributed by atoms with Crippen LogP contribution in [0, 0.1) is 0 Å². The van der Waals surface area contributed by atoms with Crippen molar-refractivity contribution in [3.63, 3.8) is 0 Å². The zero-order valence-corrected chi connectivity index (χ0v) is 17.4. The molecule has 0 aliphatic rings. The largest absolute Gasteiger partial charge is 0.494 e. The van der Waals surface area contributed by atoms with Gasteiger partial charge < -0.3 is 9.47 Å². The fourth-order valence-electron chi connectivity index (χ4n) is 3.41. The molecule has 1 aromatic heterocycles. The molecule has 0 aliphatic heterocycles. The molecule has 0 saturated heterocycles. The quantitative estimate of drug-likeness (QED) is 0.290. The predicted octanol–water partition coefficient (Wildman–Crippen LogP) is 5.63. The van der Waals surface area contributed by atoms with Gasteiger partial charge in [0, 0.05) is 22.7 Å². The van der Waals surface area contributed by atoms with E-state index in [-0.39, 0.29) is 22.4 Å². The van der Waals surface area contributed by atoms with Gasteiger partial charge in [0.2, 0.25) is 0 Å². The molecule has 0 aliphatic carbocycles. The molecule has 4 aromatic rings. The maximum absolute atomic E-state index is 13.2. The van der Waals surface area contributed by atoms with Gasteiger partial charge in [0.15, 0.2) is 0 Å². The van der Waals surface area contributed by atoms with E-state index in [0.29, 0.717) is 17.7 Å². The molecule has 0 amide bonds. The maximum atomic E-state index is 13.2. The number of rotatable bonds is 5. The van der Waals surface area contributed by atoms with E-state index in [1.54, 1.807) is 42.5 Å². The van der Waals surface area contributed by atoms with Crippen LogP contribution in [0.5, 0.6) is 11.5 Å². The Morgan fingerprint density at radius 1 is 0.909 bits per heavy atom. The first kappa shape index (κ1) is 22.1. The lowest BCUT2D eigenvalue weighted by molar-refractivity contribution is -0.137. The molecule has 0 spiro atoms. The van der Waals surface area contributed by atoms with E-state index in [9.17, 15) is 22.8 Å². The molecule has 0 atom stereocenters. The van der Waals surface area contributed by atoms with Crippen LogP contribution < -0.4 is 15.0 Å². The zero-order chi connectivity index (χ0) is 23.6. The Bertz CT molecular complexity index is 1380. The minimum atomic E-state index is -4.58. The maximum Gasteiger partial charge on any atom is 0.416 e. The number of benzene rings is 3. The first-order chi connectivity index (χ1) is 15.8. The number of pyridine rings is 1. The lowest BCUT2D eigenvalue weighted by Gasteiger charge is -2.14. The highest BCUT2D eigenvalue weighted by Crippen LogP contribution is 2.30. The van der Waals surface area contributed by atoms with E-state index >= 15 is 0 Å². The van der Waals surface area contributed by atoms with Crippen LogP contribution in [0.4, 0.5) is 13.2 Å². The second-order valence-corrected chi connectivity index (χ2v) is 7.11. The van der Waals surface area contributed by atoms with Gasteiger partial charge in [-0.05, 0) is 55.5 Å². The highest BCUT2D eigenvalue weighted by molar-refractivity contribution is 6.04. The second kappa shape index (κ2) is 8.82. The molecule has 0 saturated carbocycles. The Kier molecular flexibility index (Phi) is 5.91. The minimum Gasteiger partial charge on any atom is -0.494 e. The molecule has 168 valence electrons. The third-order valence-corrected chi connectivity index (χ3v) is 4.94. The minimum absolute atomic E-state index is 0.0179. The van der Waals surface area contributed by atoms with Crippen LogP contribution in [0.1, 0.15) is 22.8 Å². The van der Waals surface area contributed by atoms with Gasteiger partial charge in [0.1, 0.15) is 11.5 Å². The van der Waals surface area contributed by atoms with E-state index in [2.05, 4.69) is 0 Å². The molecule has 8 heteroatoms. The summed E-state index contributed by atoms with van der Waals surface area (Å²) in [5.74, 6) is 0.112. The number of alkyl halides is 3. The van der Waals surface area contributed by atoms with Crippen LogP contribution in [-0.2, 0) is 6.18 Å². The van der Waals surface area contributed by atoms with Gasteiger partial charge in [0.05, 0.1) is 17.7 Å². The summed E-state index contributed by atoms with van der Waals surface area (Å²) in [4.78, 5) is 26.0. The second-order valence-electron chi connectivity index (χ2n) is 7.11. The Morgan fingerprint density at radius 2 is 1.58 bits per heavy atom. The van der Waals surface area contributed by atoms with Crippen LogP contribution in [0.3, 0.4) is 0 Å². The van der Waals surface area contributed by atoms with E-state index in [4.69, 9.17) is 9.47 Å². The fraction of sp³-hybridized carbons (Fsp3) is 0.120. The number of nitrogens with zero attached hydrogens (tertiary/aromatic N) is 1. The number of halogens is 3. The summed E-state index contributed by atoms with van der Waals surface area (Å²) in [6.07, 6.45) is -3.37. The average molecular weight is 453 g/mol. The molecule has 3 aromatic carbocycles. The van der Waals surface area contributed by atoms with Gasteiger partial charge in [-0.25, -0.2) is 4.79 Å². The molecular weight excluding hydrogens is 435 g/mol. The van der Waals surface area contributed by atoms with Crippen molar-refractivity contribution in [1.29, 1.82) is 0 Å². The Hall–Kier alpha value is -4.07. The highest BCUT2D eigenvalue weighted by Gasteiger charge is 2.30. The third-order valence-electron chi connectivity index (χ3n) is 4.94. The van der Waals surface area contributed by atoms with Crippen molar-refractivity contribution in [2.75, 3.05) is 6.61 Å². The molecule has 0 bridgehead atoms. The summed E-state index contributed by atoms with van der Waals surface area (Å²) < 4.78 is 51.4. The van der Waals surface area contributed by atoms with Crippen molar-refractivity contribution in [2.45, 2.75) is 13.1 Å². The third kappa shape index (κ3) is 4.59.